The number of benzene rings is 2. The lowest BCUT2D eigenvalue weighted by Gasteiger charge is -2.21. The SMILES string of the molecule is Nc1ccc(CNC(=O)[C@H](Cc2cccc(F)c2)NC(=O)[C@H](O)Cc2ccccc2)cn1. The van der Waals surface area contributed by atoms with Gasteiger partial charge in [-0.3, -0.25) is 9.59 Å². The van der Waals surface area contributed by atoms with E-state index >= 15 is 0 Å². The molecule has 0 radical (unpaired) electrons. The van der Waals surface area contributed by atoms with Gasteiger partial charge in [0.2, 0.25) is 11.8 Å². The molecule has 5 N–H and O–H groups in total. The molecule has 0 aliphatic heterocycles. The van der Waals surface area contributed by atoms with Gasteiger partial charge in [-0.1, -0.05) is 48.5 Å². The van der Waals surface area contributed by atoms with Gasteiger partial charge < -0.3 is 21.5 Å². The molecule has 3 rings (SSSR count). The van der Waals surface area contributed by atoms with E-state index in [1.165, 1.54) is 18.2 Å². The van der Waals surface area contributed by atoms with E-state index in [0.29, 0.717) is 11.4 Å². The number of nitrogens with two attached hydrogens (primary N) is 1. The Kier molecular flexibility index (Phi) is 7.88. The molecule has 0 unspecified atom stereocenters. The van der Waals surface area contributed by atoms with Gasteiger partial charge in [-0.05, 0) is 34.9 Å². The second-order valence-electron chi connectivity index (χ2n) is 7.41. The van der Waals surface area contributed by atoms with E-state index in [0.717, 1.165) is 11.1 Å². The number of nitrogens with one attached hydrogen (secondary N) is 2. The Hall–Kier alpha value is -3.78. The first-order valence-corrected chi connectivity index (χ1v) is 10.2. The van der Waals surface area contributed by atoms with Crippen molar-refractivity contribution in [1.82, 2.24) is 15.6 Å². The van der Waals surface area contributed by atoms with Crippen molar-refractivity contribution in [2.75, 3.05) is 5.73 Å². The third-order valence-electron chi connectivity index (χ3n) is 4.85. The lowest BCUT2D eigenvalue weighted by molar-refractivity contribution is -0.134. The highest BCUT2D eigenvalue weighted by Crippen LogP contribution is 2.09. The highest BCUT2D eigenvalue weighted by Gasteiger charge is 2.25. The summed E-state index contributed by atoms with van der Waals surface area (Å²) in [6.45, 7) is 0.175. The van der Waals surface area contributed by atoms with Crippen LogP contribution in [0.3, 0.4) is 0 Å². The second-order valence-corrected chi connectivity index (χ2v) is 7.41. The first-order valence-electron chi connectivity index (χ1n) is 10.2. The molecule has 0 aliphatic carbocycles. The zero-order valence-corrected chi connectivity index (χ0v) is 17.4. The van der Waals surface area contributed by atoms with Crippen molar-refractivity contribution < 1.29 is 19.1 Å². The first kappa shape index (κ1) is 22.9. The average Bonchev–Trinajstić information content (AvgIpc) is 2.78. The fraction of sp³-hybridized carbons (Fsp3) is 0.208. The molecule has 3 aromatic rings. The van der Waals surface area contributed by atoms with Gasteiger partial charge in [-0.25, -0.2) is 9.37 Å². The van der Waals surface area contributed by atoms with Gasteiger partial charge in [0.1, 0.15) is 23.8 Å². The van der Waals surface area contributed by atoms with Crippen molar-refractivity contribution in [1.29, 1.82) is 0 Å². The van der Waals surface area contributed by atoms with Crippen LogP contribution in [-0.4, -0.2) is 34.1 Å². The molecule has 7 nitrogen and oxygen atoms in total. The first-order chi connectivity index (χ1) is 15.4. The zero-order chi connectivity index (χ0) is 22.9. The number of carbonyl (C=O) groups is 2. The van der Waals surface area contributed by atoms with Crippen molar-refractivity contribution >= 4 is 17.6 Å². The highest BCUT2D eigenvalue weighted by molar-refractivity contribution is 5.89. The number of hydrogen-bond acceptors (Lipinski definition) is 5. The van der Waals surface area contributed by atoms with E-state index in [-0.39, 0.29) is 19.4 Å². The minimum absolute atomic E-state index is 0.0629. The summed E-state index contributed by atoms with van der Waals surface area (Å²) in [6, 6.07) is 17.2. The van der Waals surface area contributed by atoms with Crippen LogP contribution < -0.4 is 16.4 Å². The van der Waals surface area contributed by atoms with Gasteiger partial charge in [0.25, 0.3) is 0 Å². The smallest absolute Gasteiger partial charge is 0.249 e. The van der Waals surface area contributed by atoms with Crippen LogP contribution >= 0.6 is 0 Å². The van der Waals surface area contributed by atoms with Gasteiger partial charge in [0, 0.05) is 25.6 Å². The number of pyridine rings is 1. The van der Waals surface area contributed by atoms with E-state index in [1.807, 2.05) is 18.2 Å². The Balaban J connectivity index is 1.68. The number of aliphatic hydroxyl groups is 1. The summed E-state index contributed by atoms with van der Waals surface area (Å²) < 4.78 is 13.6. The molecule has 0 fully saturated rings. The van der Waals surface area contributed by atoms with Crippen LogP contribution in [0.1, 0.15) is 16.7 Å². The number of hydrogen-bond donors (Lipinski definition) is 4. The number of amides is 2. The van der Waals surface area contributed by atoms with E-state index in [1.54, 1.807) is 36.5 Å². The Bertz CT molecular complexity index is 1040. The lowest BCUT2D eigenvalue weighted by atomic mass is 10.0. The summed E-state index contributed by atoms with van der Waals surface area (Å²) in [7, 11) is 0. The molecule has 1 aromatic heterocycles. The molecular formula is C24H25FN4O3. The van der Waals surface area contributed by atoms with Gasteiger partial charge in [-0.2, -0.15) is 0 Å². The maximum atomic E-state index is 13.6. The molecular weight excluding hydrogens is 411 g/mol. The minimum Gasteiger partial charge on any atom is -0.384 e. The van der Waals surface area contributed by atoms with Crippen molar-refractivity contribution in [3.8, 4) is 0 Å². The number of nitrogen functional groups attached to an aromatic ring is 1. The highest BCUT2D eigenvalue weighted by atomic mass is 19.1. The van der Waals surface area contributed by atoms with Crippen molar-refractivity contribution in [3.05, 3.63) is 95.4 Å². The quantitative estimate of drug-likeness (QED) is 0.408. The molecule has 2 aromatic carbocycles. The third-order valence-corrected chi connectivity index (χ3v) is 4.85. The Morgan fingerprint density at radius 1 is 0.938 bits per heavy atom. The summed E-state index contributed by atoms with van der Waals surface area (Å²) in [5.41, 5.74) is 7.62. The largest absolute Gasteiger partial charge is 0.384 e. The minimum atomic E-state index is -1.33. The summed E-state index contributed by atoms with van der Waals surface area (Å²) in [5.74, 6) is -1.22. The average molecular weight is 436 g/mol. The van der Waals surface area contributed by atoms with Crippen LogP contribution in [-0.2, 0) is 29.0 Å². The van der Waals surface area contributed by atoms with Crippen LogP contribution in [0.25, 0.3) is 0 Å². The van der Waals surface area contributed by atoms with E-state index in [9.17, 15) is 19.1 Å². The topological polar surface area (TPSA) is 117 Å². The third kappa shape index (κ3) is 6.88. The van der Waals surface area contributed by atoms with Crippen molar-refractivity contribution in [2.24, 2.45) is 0 Å². The molecule has 2 amide bonds. The summed E-state index contributed by atoms with van der Waals surface area (Å²) in [4.78, 5) is 29.4. The summed E-state index contributed by atoms with van der Waals surface area (Å²) in [6.07, 6.45) is 0.381. The standard InChI is InChI=1S/C24H25FN4O3/c25-19-8-4-7-17(11-19)12-20(23(31)28-15-18-9-10-22(26)27-14-18)29-24(32)21(30)13-16-5-2-1-3-6-16/h1-11,14,20-21,30H,12-13,15H2,(H2,26,27)(H,28,31)(H,29,32)/t20-,21+/m0/s1. The van der Waals surface area contributed by atoms with Gasteiger partial charge in [-0.15, -0.1) is 0 Å². The number of halogens is 1. The Labute approximate surface area is 185 Å². The van der Waals surface area contributed by atoms with Gasteiger partial charge in [0.15, 0.2) is 0 Å². The molecule has 32 heavy (non-hydrogen) atoms. The van der Waals surface area contributed by atoms with E-state index < -0.39 is 29.8 Å². The molecule has 0 aliphatic rings. The fourth-order valence-electron chi connectivity index (χ4n) is 3.16. The van der Waals surface area contributed by atoms with Crippen LogP contribution in [0.5, 0.6) is 0 Å². The van der Waals surface area contributed by atoms with Crippen LogP contribution in [0.4, 0.5) is 10.2 Å². The Morgan fingerprint density at radius 2 is 1.69 bits per heavy atom. The molecule has 8 heteroatoms. The normalized spacial score (nSPS) is 12.6. The molecule has 0 saturated carbocycles. The second kappa shape index (κ2) is 11.0. The van der Waals surface area contributed by atoms with E-state index in [2.05, 4.69) is 15.6 Å². The number of nitrogens with zero attached hydrogens (tertiary/aromatic N) is 1. The monoisotopic (exact) mass is 436 g/mol. The van der Waals surface area contributed by atoms with Crippen LogP contribution in [0, 0.1) is 5.82 Å². The molecule has 0 spiro atoms. The molecule has 166 valence electrons. The fourth-order valence-corrected chi connectivity index (χ4v) is 3.16. The lowest BCUT2D eigenvalue weighted by Crippen LogP contribution is -2.51. The summed E-state index contributed by atoms with van der Waals surface area (Å²) >= 11 is 0. The Morgan fingerprint density at radius 3 is 2.38 bits per heavy atom. The van der Waals surface area contributed by atoms with Crippen LogP contribution in [0.2, 0.25) is 0 Å². The summed E-state index contributed by atoms with van der Waals surface area (Å²) in [5, 5.41) is 15.7. The van der Waals surface area contributed by atoms with E-state index in [4.69, 9.17) is 5.73 Å². The zero-order valence-electron chi connectivity index (χ0n) is 17.4. The van der Waals surface area contributed by atoms with Gasteiger partial charge >= 0.3 is 0 Å². The number of rotatable bonds is 9. The maximum Gasteiger partial charge on any atom is 0.249 e. The predicted octanol–water partition coefficient (Wildman–Crippen LogP) is 1.75. The molecule has 0 saturated heterocycles. The number of aliphatic hydroxyl groups excluding tert-OH is 1. The predicted molar refractivity (Wildman–Crippen MR) is 119 cm³/mol. The molecule has 1 heterocycles. The van der Waals surface area contributed by atoms with Crippen molar-refractivity contribution in [2.45, 2.75) is 31.5 Å². The number of carbonyl (C=O) groups excluding carboxylic acids is 2. The number of anilines is 1. The van der Waals surface area contributed by atoms with Gasteiger partial charge in [0.05, 0.1) is 0 Å². The van der Waals surface area contributed by atoms with Crippen LogP contribution in [0.15, 0.2) is 72.9 Å². The van der Waals surface area contributed by atoms with Crippen molar-refractivity contribution in [3.63, 3.8) is 0 Å². The molecule has 0 bridgehead atoms. The molecule has 2 atom stereocenters. The maximum absolute atomic E-state index is 13.6. The number of aromatic nitrogens is 1.